The lowest BCUT2D eigenvalue weighted by Gasteiger charge is -2.24. The second kappa shape index (κ2) is 11.6. The molecule has 1 N–H and O–H groups in total. The number of hydrogen-bond acceptors (Lipinski definition) is 8. The van der Waals surface area contributed by atoms with Crippen molar-refractivity contribution >= 4 is 44.1 Å². The quantitative estimate of drug-likeness (QED) is 0.120. The van der Waals surface area contributed by atoms with Crippen molar-refractivity contribution in [1.29, 1.82) is 0 Å². The summed E-state index contributed by atoms with van der Waals surface area (Å²) in [6.45, 7) is 2.31. The van der Waals surface area contributed by atoms with Crippen LogP contribution >= 0.6 is 11.3 Å². The Morgan fingerprint density at radius 3 is 2.40 bits per heavy atom. The van der Waals surface area contributed by atoms with Gasteiger partial charge in [0.25, 0.3) is 5.78 Å². The molecule has 2 heterocycles. The van der Waals surface area contributed by atoms with E-state index in [4.69, 9.17) is 19.2 Å². The van der Waals surface area contributed by atoms with Crippen LogP contribution in [0, 0.1) is 6.92 Å². The summed E-state index contributed by atoms with van der Waals surface area (Å²) >= 11 is 1.31. The lowest BCUT2D eigenvalue weighted by molar-refractivity contribution is -0.132. The molecule has 9 heteroatoms. The highest BCUT2D eigenvalue weighted by molar-refractivity contribution is 7.22. The molecule has 0 saturated carbocycles. The molecule has 1 aliphatic heterocycles. The van der Waals surface area contributed by atoms with Gasteiger partial charge in [-0.3, -0.25) is 14.5 Å². The Kier molecular flexibility index (Phi) is 7.56. The number of hydrogen-bond donors (Lipinski definition) is 1. The summed E-state index contributed by atoms with van der Waals surface area (Å²) in [7, 11) is 3.07. The molecule has 0 spiro atoms. The van der Waals surface area contributed by atoms with Gasteiger partial charge in [-0.2, -0.15) is 0 Å². The summed E-state index contributed by atoms with van der Waals surface area (Å²) in [6, 6.07) is 26.5. The van der Waals surface area contributed by atoms with Crippen molar-refractivity contribution in [2.75, 3.05) is 19.1 Å². The topological polar surface area (TPSA) is 98.2 Å². The number of Topliss-reactive ketones (excluding diaryl/α,β-unsaturated/α-hetero) is 1. The van der Waals surface area contributed by atoms with E-state index in [0.717, 1.165) is 15.8 Å². The minimum absolute atomic E-state index is 0.0504. The first kappa shape index (κ1) is 28.0. The molecule has 1 unspecified atom stereocenters. The molecule has 1 aliphatic rings. The van der Waals surface area contributed by atoms with Gasteiger partial charge in [0, 0.05) is 5.56 Å². The van der Waals surface area contributed by atoms with Gasteiger partial charge in [0.1, 0.15) is 18.1 Å². The molecular weight excluding hydrogens is 564 g/mol. The van der Waals surface area contributed by atoms with Gasteiger partial charge in [-0.15, -0.1) is 0 Å². The van der Waals surface area contributed by atoms with Gasteiger partial charge in [-0.25, -0.2) is 4.98 Å². The molecule has 5 aromatic rings. The predicted molar refractivity (Wildman–Crippen MR) is 166 cm³/mol. The van der Waals surface area contributed by atoms with Crippen LogP contribution in [0.3, 0.4) is 0 Å². The van der Waals surface area contributed by atoms with E-state index in [1.807, 2.05) is 55.5 Å². The number of ketones is 1. The van der Waals surface area contributed by atoms with Crippen molar-refractivity contribution in [2.45, 2.75) is 19.6 Å². The Morgan fingerprint density at radius 2 is 1.67 bits per heavy atom. The zero-order chi connectivity index (χ0) is 30.1. The van der Waals surface area contributed by atoms with Gasteiger partial charge in [0.15, 0.2) is 16.6 Å². The number of aliphatic hydroxyl groups is 1. The third kappa shape index (κ3) is 5.30. The highest BCUT2D eigenvalue weighted by Gasteiger charge is 2.48. The number of carbonyl (C=O) groups is 2. The van der Waals surface area contributed by atoms with Crippen LogP contribution in [0.5, 0.6) is 17.2 Å². The predicted octanol–water partition coefficient (Wildman–Crippen LogP) is 6.83. The van der Waals surface area contributed by atoms with Crippen molar-refractivity contribution in [3.05, 3.63) is 119 Å². The fraction of sp³-hybridized carbons (Fsp3) is 0.147. The van der Waals surface area contributed by atoms with Gasteiger partial charge in [-0.1, -0.05) is 53.8 Å². The van der Waals surface area contributed by atoms with E-state index in [0.29, 0.717) is 45.6 Å². The van der Waals surface area contributed by atoms with Crippen LogP contribution in [0.25, 0.3) is 16.0 Å². The van der Waals surface area contributed by atoms with Crippen molar-refractivity contribution in [1.82, 2.24) is 4.98 Å². The largest absolute Gasteiger partial charge is 0.507 e. The SMILES string of the molecule is COc1ccc(/C(O)=C2\C(=O)C(=O)N(c3nc4ccc(C)cc4s3)C2c2ccc(OCc3ccccc3)c(OC)c2)cc1. The van der Waals surface area contributed by atoms with Crippen molar-refractivity contribution < 1.29 is 28.9 Å². The number of carbonyl (C=O) groups excluding carboxylic acids is 2. The van der Waals surface area contributed by atoms with E-state index in [9.17, 15) is 14.7 Å². The Bertz CT molecular complexity index is 1860. The second-order valence-electron chi connectivity index (χ2n) is 10.0. The smallest absolute Gasteiger partial charge is 0.301 e. The van der Waals surface area contributed by atoms with Crippen LogP contribution < -0.4 is 19.1 Å². The monoisotopic (exact) mass is 592 g/mol. The lowest BCUT2D eigenvalue weighted by atomic mass is 9.95. The average Bonchev–Trinajstić information content (AvgIpc) is 3.57. The van der Waals surface area contributed by atoms with E-state index in [1.165, 1.54) is 23.3 Å². The van der Waals surface area contributed by atoms with Crippen molar-refractivity contribution in [3.63, 3.8) is 0 Å². The van der Waals surface area contributed by atoms with Gasteiger partial charge in [-0.05, 0) is 72.1 Å². The van der Waals surface area contributed by atoms with Crippen molar-refractivity contribution in [3.8, 4) is 17.2 Å². The number of amides is 1. The third-order valence-corrected chi connectivity index (χ3v) is 8.30. The van der Waals surface area contributed by atoms with Crippen LogP contribution in [0.2, 0.25) is 0 Å². The normalized spacial score (nSPS) is 16.1. The van der Waals surface area contributed by atoms with Gasteiger partial charge in [0.2, 0.25) is 0 Å². The molecule has 0 bridgehead atoms. The maximum atomic E-state index is 13.7. The third-order valence-electron chi connectivity index (χ3n) is 7.29. The molecule has 8 nitrogen and oxygen atoms in total. The van der Waals surface area contributed by atoms with Crippen LogP contribution in [-0.4, -0.2) is 36.0 Å². The number of rotatable bonds is 8. The zero-order valence-electron chi connectivity index (χ0n) is 23.7. The fourth-order valence-electron chi connectivity index (χ4n) is 5.08. The minimum atomic E-state index is -0.971. The number of benzene rings is 4. The lowest BCUT2D eigenvalue weighted by Crippen LogP contribution is -2.29. The fourth-order valence-corrected chi connectivity index (χ4v) is 6.17. The highest BCUT2D eigenvalue weighted by Crippen LogP contribution is 2.46. The van der Waals surface area contributed by atoms with Crippen molar-refractivity contribution in [2.24, 2.45) is 0 Å². The Balaban J connectivity index is 1.47. The molecule has 0 aliphatic carbocycles. The summed E-state index contributed by atoms with van der Waals surface area (Å²) in [5, 5.41) is 11.9. The Hall–Kier alpha value is -5.15. The molecule has 6 rings (SSSR count). The number of aryl methyl sites for hydroxylation is 1. The van der Waals surface area contributed by atoms with E-state index >= 15 is 0 Å². The molecule has 4 aromatic carbocycles. The maximum absolute atomic E-state index is 13.7. The van der Waals surface area contributed by atoms with E-state index < -0.39 is 17.7 Å². The van der Waals surface area contributed by atoms with E-state index in [-0.39, 0.29) is 11.3 Å². The molecule has 0 radical (unpaired) electrons. The zero-order valence-corrected chi connectivity index (χ0v) is 24.6. The highest BCUT2D eigenvalue weighted by atomic mass is 32.1. The van der Waals surface area contributed by atoms with E-state index in [2.05, 4.69) is 0 Å². The summed E-state index contributed by atoms with van der Waals surface area (Å²) in [4.78, 5) is 33.4. The van der Waals surface area contributed by atoms with Gasteiger partial charge < -0.3 is 19.3 Å². The van der Waals surface area contributed by atoms with E-state index in [1.54, 1.807) is 49.6 Å². The molecule has 1 atom stereocenters. The number of thiazole rings is 1. The summed E-state index contributed by atoms with van der Waals surface area (Å²) < 4.78 is 17.8. The standard InChI is InChI=1S/C34H28N2O6S/c1-20-9-15-25-28(17-20)43-34(35-25)36-30(29(32(38)33(36)39)31(37)22-10-13-24(40-2)14-11-22)23-12-16-26(27(18-23)41-3)42-19-21-7-5-4-6-8-21/h4-18,30,37H,19H2,1-3H3/b31-29+. The second-order valence-corrected chi connectivity index (χ2v) is 11.1. The number of aliphatic hydroxyl groups excluding tert-OH is 1. The van der Waals surface area contributed by atoms with Crippen LogP contribution in [0.4, 0.5) is 5.13 Å². The molecule has 1 aromatic heterocycles. The number of anilines is 1. The number of methoxy groups -OCH3 is 2. The van der Waals surface area contributed by atoms with Gasteiger partial charge in [0.05, 0.1) is 36.1 Å². The Morgan fingerprint density at radius 1 is 0.907 bits per heavy atom. The molecular formula is C34H28N2O6S. The maximum Gasteiger partial charge on any atom is 0.301 e. The molecule has 1 amide bonds. The molecule has 1 saturated heterocycles. The first-order valence-electron chi connectivity index (χ1n) is 13.5. The minimum Gasteiger partial charge on any atom is -0.507 e. The van der Waals surface area contributed by atoms with Crippen LogP contribution in [0.1, 0.15) is 28.3 Å². The molecule has 43 heavy (non-hydrogen) atoms. The number of ether oxygens (including phenoxy) is 3. The summed E-state index contributed by atoms with van der Waals surface area (Å²) in [6.07, 6.45) is 0. The van der Waals surface area contributed by atoms with Crippen LogP contribution in [0.15, 0.2) is 96.6 Å². The number of nitrogens with zero attached hydrogens (tertiary/aromatic N) is 2. The summed E-state index contributed by atoms with van der Waals surface area (Å²) in [5.74, 6) is -0.375. The molecule has 216 valence electrons. The average molecular weight is 593 g/mol. The molecule has 1 fully saturated rings. The van der Waals surface area contributed by atoms with Crippen LogP contribution in [-0.2, 0) is 16.2 Å². The first-order valence-corrected chi connectivity index (χ1v) is 14.4. The Labute approximate surface area is 252 Å². The summed E-state index contributed by atoms with van der Waals surface area (Å²) in [5.41, 5.74) is 3.63. The number of fused-ring (bicyclic) bond motifs is 1. The van der Waals surface area contributed by atoms with Gasteiger partial charge >= 0.3 is 5.91 Å². The first-order chi connectivity index (χ1) is 20.9. The number of aromatic nitrogens is 1.